The lowest BCUT2D eigenvalue weighted by molar-refractivity contribution is -0.130. The quantitative estimate of drug-likeness (QED) is 0.730. The van der Waals surface area contributed by atoms with E-state index in [1.54, 1.807) is 24.3 Å². The molecule has 23 heavy (non-hydrogen) atoms. The molecule has 0 saturated carbocycles. The number of aromatic nitrogens is 1. The molecular formula is C18H14FNO3. The molecule has 0 unspecified atom stereocenters. The van der Waals surface area contributed by atoms with E-state index in [0.717, 1.165) is 5.56 Å². The number of fused-ring (bicyclic) bond motifs is 1. The van der Waals surface area contributed by atoms with Crippen LogP contribution in [0.3, 0.4) is 0 Å². The third-order valence-corrected chi connectivity index (χ3v) is 3.69. The molecule has 2 aromatic carbocycles. The molecule has 3 rings (SSSR count). The van der Waals surface area contributed by atoms with Crippen molar-refractivity contribution in [3.8, 4) is 11.5 Å². The number of rotatable bonds is 4. The van der Waals surface area contributed by atoms with E-state index in [2.05, 4.69) is 11.6 Å². The Morgan fingerprint density at radius 2 is 1.96 bits per heavy atom. The summed E-state index contributed by atoms with van der Waals surface area (Å²) < 4.78 is 18.7. The maximum Gasteiger partial charge on any atom is 0.335 e. The summed E-state index contributed by atoms with van der Waals surface area (Å²) in [6, 6.07) is 9.20. The van der Waals surface area contributed by atoms with Crippen molar-refractivity contribution in [3.05, 3.63) is 59.9 Å². The maximum absolute atomic E-state index is 13.0. The van der Waals surface area contributed by atoms with Crippen molar-refractivity contribution in [1.29, 1.82) is 0 Å². The first-order valence-electron chi connectivity index (χ1n) is 7.12. The van der Waals surface area contributed by atoms with Crippen LogP contribution in [-0.2, 0) is 11.2 Å². The van der Waals surface area contributed by atoms with Crippen molar-refractivity contribution < 1.29 is 18.7 Å². The van der Waals surface area contributed by atoms with Crippen molar-refractivity contribution >= 4 is 22.6 Å². The number of benzene rings is 2. The number of oxazole rings is 1. The lowest BCUT2D eigenvalue weighted by atomic mass is 9.98. The number of aryl methyl sites for hydroxylation is 1. The summed E-state index contributed by atoms with van der Waals surface area (Å²) in [5.74, 6) is -1.03. The smallest absolute Gasteiger partial charge is 0.335 e. The highest BCUT2D eigenvalue weighted by molar-refractivity contribution is 6.15. The van der Waals surface area contributed by atoms with Crippen LogP contribution in [0.25, 0.3) is 28.1 Å². The van der Waals surface area contributed by atoms with Crippen LogP contribution in [0.2, 0.25) is 0 Å². The molecule has 1 aromatic heterocycles. The molecule has 4 nitrogen and oxygen atoms in total. The second-order valence-corrected chi connectivity index (χ2v) is 5.10. The number of halogens is 1. The molecule has 0 amide bonds. The normalized spacial score (nSPS) is 10.9. The lowest BCUT2D eigenvalue weighted by Crippen LogP contribution is -2.02. The predicted molar refractivity (Wildman–Crippen MR) is 85.5 cm³/mol. The minimum Gasteiger partial charge on any atom is -0.478 e. The van der Waals surface area contributed by atoms with Crippen LogP contribution in [0.15, 0.2) is 47.4 Å². The number of aliphatic carboxylic acids is 1. The first kappa shape index (κ1) is 15.0. The summed E-state index contributed by atoms with van der Waals surface area (Å²) in [4.78, 5) is 15.6. The van der Waals surface area contributed by atoms with E-state index in [1.165, 1.54) is 12.1 Å². The van der Waals surface area contributed by atoms with E-state index in [0.29, 0.717) is 34.5 Å². The number of carbonyl (C=O) groups is 1. The van der Waals surface area contributed by atoms with Crippen LogP contribution in [0, 0.1) is 5.82 Å². The number of hydrogen-bond donors (Lipinski definition) is 1. The molecule has 1 N–H and O–H groups in total. The Hall–Kier alpha value is -2.95. The largest absolute Gasteiger partial charge is 0.478 e. The fourth-order valence-electron chi connectivity index (χ4n) is 2.52. The zero-order valence-electron chi connectivity index (χ0n) is 12.5. The van der Waals surface area contributed by atoms with Gasteiger partial charge in [-0.15, -0.1) is 0 Å². The first-order chi connectivity index (χ1) is 11.0. The summed E-state index contributed by atoms with van der Waals surface area (Å²) in [5, 5.41) is 9.16. The van der Waals surface area contributed by atoms with Gasteiger partial charge in [0.1, 0.15) is 11.3 Å². The SMILES string of the molecule is C=C(C(=O)O)c1ccc2oc(-c3ccc(F)cc3)nc2c1CC. The second kappa shape index (κ2) is 5.68. The van der Waals surface area contributed by atoms with Gasteiger partial charge in [-0.25, -0.2) is 14.2 Å². The van der Waals surface area contributed by atoms with Crippen LogP contribution in [0.4, 0.5) is 4.39 Å². The summed E-state index contributed by atoms with van der Waals surface area (Å²) in [5.41, 5.74) is 3.16. The van der Waals surface area contributed by atoms with Gasteiger partial charge in [0.2, 0.25) is 5.89 Å². The van der Waals surface area contributed by atoms with Gasteiger partial charge in [0, 0.05) is 5.56 Å². The second-order valence-electron chi connectivity index (χ2n) is 5.10. The van der Waals surface area contributed by atoms with Gasteiger partial charge < -0.3 is 9.52 Å². The molecule has 1 heterocycles. The molecule has 0 bridgehead atoms. The van der Waals surface area contributed by atoms with Crippen molar-refractivity contribution in [2.24, 2.45) is 0 Å². The average molecular weight is 311 g/mol. The minimum absolute atomic E-state index is 0.0232. The monoisotopic (exact) mass is 311 g/mol. The molecule has 0 radical (unpaired) electrons. The lowest BCUT2D eigenvalue weighted by Gasteiger charge is -2.07. The van der Waals surface area contributed by atoms with Gasteiger partial charge >= 0.3 is 5.97 Å². The standard InChI is InChI=1S/C18H14FNO3/c1-3-13-14(10(2)18(21)22)8-9-15-16(13)20-17(23-15)11-4-6-12(19)7-5-11/h4-9H,2-3H2,1H3,(H,21,22). The highest BCUT2D eigenvalue weighted by Crippen LogP contribution is 2.31. The van der Waals surface area contributed by atoms with Gasteiger partial charge in [-0.2, -0.15) is 0 Å². The van der Waals surface area contributed by atoms with Crippen molar-refractivity contribution in [3.63, 3.8) is 0 Å². The Bertz CT molecular complexity index is 910. The van der Waals surface area contributed by atoms with Crippen LogP contribution >= 0.6 is 0 Å². The summed E-state index contributed by atoms with van der Waals surface area (Å²) in [7, 11) is 0. The van der Waals surface area contributed by atoms with E-state index in [-0.39, 0.29) is 11.4 Å². The zero-order chi connectivity index (χ0) is 16.6. The molecule has 0 saturated heterocycles. The predicted octanol–water partition coefficient (Wildman–Crippen LogP) is 4.29. The Morgan fingerprint density at radius 1 is 1.26 bits per heavy atom. The molecule has 0 aliphatic heterocycles. The van der Waals surface area contributed by atoms with E-state index < -0.39 is 5.97 Å². The molecule has 0 fully saturated rings. The Balaban J connectivity index is 2.18. The van der Waals surface area contributed by atoms with Crippen LogP contribution < -0.4 is 0 Å². The topological polar surface area (TPSA) is 63.3 Å². The third-order valence-electron chi connectivity index (χ3n) is 3.69. The highest BCUT2D eigenvalue weighted by Gasteiger charge is 2.18. The molecule has 3 aromatic rings. The summed E-state index contributed by atoms with van der Waals surface area (Å²) in [6.07, 6.45) is 0.592. The average Bonchev–Trinajstić information content (AvgIpc) is 2.97. The highest BCUT2D eigenvalue weighted by atomic mass is 19.1. The Morgan fingerprint density at radius 3 is 2.57 bits per heavy atom. The van der Waals surface area contributed by atoms with Crippen molar-refractivity contribution in [2.45, 2.75) is 13.3 Å². The molecule has 0 spiro atoms. The van der Waals surface area contributed by atoms with E-state index >= 15 is 0 Å². The van der Waals surface area contributed by atoms with Gasteiger partial charge in [0.05, 0.1) is 5.57 Å². The summed E-state index contributed by atoms with van der Waals surface area (Å²) >= 11 is 0. The van der Waals surface area contributed by atoms with E-state index in [4.69, 9.17) is 9.52 Å². The fourth-order valence-corrected chi connectivity index (χ4v) is 2.52. The van der Waals surface area contributed by atoms with Crippen LogP contribution in [0.1, 0.15) is 18.1 Å². The van der Waals surface area contributed by atoms with Gasteiger partial charge in [0.15, 0.2) is 5.58 Å². The van der Waals surface area contributed by atoms with Gasteiger partial charge in [-0.3, -0.25) is 0 Å². The molecule has 0 aliphatic rings. The zero-order valence-corrected chi connectivity index (χ0v) is 12.5. The Labute approximate surface area is 131 Å². The minimum atomic E-state index is -1.07. The van der Waals surface area contributed by atoms with Gasteiger partial charge in [0.25, 0.3) is 0 Å². The third kappa shape index (κ3) is 2.61. The van der Waals surface area contributed by atoms with E-state index in [1.807, 2.05) is 6.92 Å². The van der Waals surface area contributed by atoms with Crippen LogP contribution in [-0.4, -0.2) is 16.1 Å². The number of nitrogens with zero attached hydrogens (tertiary/aromatic N) is 1. The molecule has 116 valence electrons. The van der Waals surface area contributed by atoms with Crippen molar-refractivity contribution in [2.75, 3.05) is 0 Å². The summed E-state index contributed by atoms with van der Waals surface area (Å²) in [6.45, 7) is 5.53. The molecule has 0 aliphatic carbocycles. The molecular weight excluding hydrogens is 297 g/mol. The Kier molecular flexibility index (Phi) is 3.70. The van der Waals surface area contributed by atoms with Crippen LogP contribution in [0.5, 0.6) is 0 Å². The number of carboxylic acids is 1. The number of hydrogen-bond acceptors (Lipinski definition) is 3. The van der Waals surface area contributed by atoms with E-state index in [9.17, 15) is 9.18 Å². The maximum atomic E-state index is 13.0. The van der Waals surface area contributed by atoms with Gasteiger partial charge in [-0.1, -0.05) is 13.5 Å². The number of carboxylic acid groups (broad SMARTS) is 1. The van der Waals surface area contributed by atoms with Crippen molar-refractivity contribution in [1.82, 2.24) is 4.98 Å². The first-order valence-corrected chi connectivity index (χ1v) is 7.12. The fraction of sp³-hybridized carbons (Fsp3) is 0.111. The van der Waals surface area contributed by atoms with Gasteiger partial charge in [-0.05, 0) is 53.9 Å². The molecule has 5 heteroatoms. The molecule has 0 atom stereocenters.